The molecule has 1 aliphatic rings. The van der Waals surface area contributed by atoms with E-state index in [0.29, 0.717) is 11.8 Å². The van der Waals surface area contributed by atoms with Crippen LogP contribution >= 0.6 is 0 Å². The summed E-state index contributed by atoms with van der Waals surface area (Å²) in [6.07, 6.45) is 1.23. The SMILES string of the molecule is C[C@@H]1C[C@H](C)C[NH+]([C@@H](C)C(=O)Nc2ccccc2F)C1. The van der Waals surface area contributed by atoms with Crippen LogP contribution in [-0.2, 0) is 4.79 Å². The zero-order valence-corrected chi connectivity index (χ0v) is 12.4. The predicted octanol–water partition coefficient (Wildman–Crippen LogP) is 1.71. The molecule has 4 atom stereocenters. The summed E-state index contributed by atoms with van der Waals surface area (Å²) >= 11 is 0. The Kier molecular flexibility index (Phi) is 4.76. The lowest BCUT2D eigenvalue weighted by Gasteiger charge is -2.35. The number of rotatable bonds is 3. The molecule has 1 heterocycles. The fourth-order valence-corrected chi connectivity index (χ4v) is 3.17. The van der Waals surface area contributed by atoms with E-state index in [0.717, 1.165) is 13.1 Å². The molecule has 2 N–H and O–H groups in total. The van der Waals surface area contributed by atoms with Crippen molar-refractivity contribution >= 4 is 11.6 Å². The van der Waals surface area contributed by atoms with Crippen molar-refractivity contribution in [1.29, 1.82) is 0 Å². The number of anilines is 1. The van der Waals surface area contributed by atoms with E-state index in [1.807, 2.05) is 6.92 Å². The lowest BCUT2D eigenvalue weighted by Crippen LogP contribution is -3.18. The molecule has 0 aromatic heterocycles. The van der Waals surface area contributed by atoms with Crippen molar-refractivity contribution < 1.29 is 14.1 Å². The van der Waals surface area contributed by atoms with Gasteiger partial charge in [0.2, 0.25) is 0 Å². The molecule has 0 saturated carbocycles. The Bertz CT molecular complexity index is 467. The number of carbonyl (C=O) groups is 1. The number of amides is 1. The first-order valence-corrected chi connectivity index (χ1v) is 7.37. The highest BCUT2D eigenvalue weighted by Crippen LogP contribution is 2.14. The Hall–Kier alpha value is -1.42. The zero-order valence-electron chi connectivity index (χ0n) is 12.4. The Morgan fingerprint density at radius 1 is 1.30 bits per heavy atom. The van der Waals surface area contributed by atoms with Crippen molar-refractivity contribution in [2.45, 2.75) is 33.2 Å². The van der Waals surface area contributed by atoms with Gasteiger partial charge in [-0.05, 0) is 25.5 Å². The molecule has 4 heteroatoms. The number of halogens is 1. The van der Waals surface area contributed by atoms with Gasteiger partial charge in [0.1, 0.15) is 5.82 Å². The largest absolute Gasteiger partial charge is 0.324 e. The van der Waals surface area contributed by atoms with Gasteiger partial charge in [-0.1, -0.05) is 26.0 Å². The quantitative estimate of drug-likeness (QED) is 0.868. The second kappa shape index (κ2) is 6.35. The number of hydrogen-bond acceptors (Lipinski definition) is 1. The van der Waals surface area contributed by atoms with Gasteiger partial charge in [0.15, 0.2) is 6.04 Å². The van der Waals surface area contributed by atoms with Crippen LogP contribution in [0.1, 0.15) is 27.2 Å². The van der Waals surface area contributed by atoms with Crippen LogP contribution in [0.25, 0.3) is 0 Å². The van der Waals surface area contributed by atoms with E-state index < -0.39 is 0 Å². The number of carbonyl (C=O) groups excluding carboxylic acids is 1. The number of hydrogen-bond donors (Lipinski definition) is 2. The average Bonchev–Trinajstić information content (AvgIpc) is 2.39. The van der Waals surface area contributed by atoms with Gasteiger partial charge in [0, 0.05) is 11.8 Å². The van der Waals surface area contributed by atoms with E-state index in [-0.39, 0.29) is 23.5 Å². The maximum atomic E-state index is 13.6. The fourth-order valence-electron chi connectivity index (χ4n) is 3.17. The molecule has 3 nitrogen and oxygen atoms in total. The standard InChI is InChI=1S/C16H23FN2O/c1-11-8-12(2)10-19(9-11)13(3)16(20)18-15-7-5-4-6-14(15)17/h4-7,11-13H,8-10H2,1-3H3,(H,18,20)/p+1/t11-,12+,13-/m0/s1. The number of para-hydroxylation sites is 1. The number of benzene rings is 1. The third-order valence-electron chi connectivity index (χ3n) is 4.16. The summed E-state index contributed by atoms with van der Waals surface area (Å²) in [7, 11) is 0. The Morgan fingerprint density at radius 3 is 2.50 bits per heavy atom. The fraction of sp³-hybridized carbons (Fsp3) is 0.562. The van der Waals surface area contributed by atoms with Crippen LogP contribution in [0.2, 0.25) is 0 Å². The summed E-state index contributed by atoms with van der Waals surface area (Å²) < 4.78 is 13.6. The highest BCUT2D eigenvalue weighted by Gasteiger charge is 2.32. The molecular weight excluding hydrogens is 255 g/mol. The van der Waals surface area contributed by atoms with Crippen molar-refractivity contribution in [3.8, 4) is 0 Å². The Balaban J connectivity index is 2.00. The van der Waals surface area contributed by atoms with Crippen LogP contribution < -0.4 is 10.2 Å². The first-order valence-electron chi connectivity index (χ1n) is 7.37. The smallest absolute Gasteiger partial charge is 0.282 e. The summed E-state index contributed by atoms with van der Waals surface area (Å²) in [6, 6.07) is 6.14. The highest BCUT2D eigenvalue weighted by molar-refractivity contribution is 5.93. The van der Waals surface area contributed by atoms with Gasteiger partial charge in [-0.2, -0.15) is 0 Å². The van der Waals surface area contributed by atoms with Gasteiger partial charge >= 0.3 is 0 Å². The minimum absolute atomic E-state index is 0.105. The predicted molar refractivity (Wildman–Crippen MR) is 78.1 cm³/mol. The normalized spacial score (nSPS) is 27.9. The molecule has 1 aromatic rings. The first kappa shape index (κ1) is 15.0. The molecule has 1 amide bonds. The molecule has 1 saturated heterocycles. The van der Waals surface area contributed by atoms with E-state index >= 15 is 0 Å². The summed E-state index contributed by atoms with van der Waals surface area (Å²) in [5, 5.41) is 2.70. The maximum Gasteiger partial charge on any atom is 0.282 e. The summed E-state index contributed by atoms with van der Waals surface area (Å²) in [4.78, 5) is 13.6. The molecule has 20 heavy (non-hydrogen) atoms. The second-order valence-electron chi connectivity index (χ2n) is 6.20. The van der Waals surface area contributed by atoms with Crippen molar-refractivity contribution in [2.24, 2.45) is 11.8 Å². The van der Waals surface area contributed by atoms with Crippen LogP contribution in [-0.4, -0.2) is 25.0 Å². The van der Waals surface area contributed by atoms with Crippen molar-refractivity contribution in [3.05, 3.63) is 30.1 Å². The minimum Gasteiger partial charge on any atom is -0.324 e. The Morgan fingerprint density at radius 2 is 1.90 bits per heavy atom. The topological polar surface area (TPSA) is 33.5 Å². The van der Waals surface area contributed by atoms with Crippen molar-refractivity contribution in [3.63, 3.8) is 0 Å². The van der Waals surface area contributed by atoms with Gasteiger partial charge < -0.3 is 10.2 Å². The molecular formula is C16H24FN2O+. The highest BCUT2D eigenvalue weighted by atomic mass is 19.1. The number of likely N-dealkylation sites (tertiary alicyclic amines) is 1. The molecule has 2 rings (SSSR count). The van der Waals surface area contributed by atoms with Crippen LogP contribution in [0.15, 0.2) is 24.3 Å². The van der Waals surface area contributed by atoms with Gasteiger partial charge in [0.05, 0.1) is 18.8 Å². The molecule has 1 aromatic carbocycles. The van der Waals surface area contributed by atoms with Crippen molar-refractivity contribution in [1.82, 2.24) is 0 Å². The van der Waals surface area contributed by atoms with E-state index in [2.05, 4.69) is 19.2 Å². The Labute approximate surface area is 120 Å². The minimum atomic E-state index is -0.386. The zero-order chi connectivity index (χ0) is 14.7. The van der Waals surface area contributed by atoms with E-state index in [1.165, 1.54) is 17.4 Å². The number of piperidine rings is 1. The number of quaternary nitrogens is 1. The second-order valence-corrected chi connectivity index (χ2v) is 6.20. The van der Waals surface area contributed by atoms with Gasteiger partial charge in [0.25, 0.3) is 5.91 Å². The lowest BCUT2D eigenvalue weighted by atomic mass is 9.91. The molecule has 0 bridgehead atoms. The first-order chi connectivity index (χ1) is 9.47. The summed E-state index contributed by atoms with van der Waals surface area (Å²) in [5.74, 6) is 0.782. The van der Waals surface area contributed by atoms with Gasteiger partial charge in [-0.3, -0.25) is 4.79 Å². The van der Waals surface area contributed by atoms with E-state index in [9.17, 15) is 9.18 Å². The van der Waals surface area contributed by atoms with Gasteiger partial charge in [-0.15, -0.1) is 0 Å². The molecule has 1 fully saturated rings. The molecule has 1 unspecified atom stereocenters. The summed E-state index contributed by atoms with van der Waals surface area (Å²) in [6.45, 7) is 8.41. The van der Waals surface area contributed by atoms with Gasteiger partial charge in [-0.25, -0.2) is 4.39 Å². The monoisotopic (exact) mass is 279 g/mol. The third-order valence-corrected chi connectivity index (χ3v) is 4.16. The average molecular weight is 279 g/mol. The van der Waals surface area contributed by atoms with Crippen LogP contribution in [0.5, 0.6) is 0 Å². The third kappa shape index (κ3) is 3.57. The summed E-state index contributed by atoms with van der Waals surface area (Å²) in [5.41, 5.74) is 0.266. The van der Waals surface area contributed by atoms with Crippen LogP contribution in [0.4, 0.5) is 10.1 Å². The van der Waals surface area contributed by atoms with E-state index in [4.69, 9.17) is 0 Å². The van der Waals surface area contributed by atoms with Crippen LogP contribution in [0, 0.1) is 17.7 Å². The van der Waals surface area contributed by atoms with Crippen molar-refractivity contribution in [2.75, 3.05) is 18.4 Å². The number of nitrogens with one attached hydrogen (secondary N) is 2. The molecule has 110 valence electrons. The lowest BCUT2D eigenvalue weighted by molar-refractivity contribution is -0.925. The molecule has 0 spiro atoms. The molecule has 0 radical (unpaired) electrons. The van der Waals surface area contributed by atoms with E-state index in [1.54, 1.807) is 18.2 Å². The maximum absolute atomic E-state index is 13.6. The molecule has 1 aliphatic heterocycles. The van der Waals surface area contributed by atoms with Crippen LogP contribution in [0.3, 0.4) is 0 Å². The molecule has 0 aliphatic carbocycles.